The zero-order valence-electron chi connectivity index (χ0n) is 10.5. The second kappa shape index (κ2) is 4.68. The largest absolute Gasteiger partial charge is 0.477 e. The van der Waals surface area contributed by atoms with E-state index in [-0.39, 0.29) is 17.0 Å². The molecule has 19 heavy (non-hydrogen) atoms. The van der Waals surface area contributed by atoms with Crippen molar-refractivity contribution in [2.75, 3.05) is 0 Å². The molecule has 0 fully saturated rings. The van der Waals surface area contributed by atoms with E-state index in [4.69, 9.17) is 5.11 Å². The zero-order chi connectivity index (χ0) is 14.2. The summed E-state index contributed by atoms with van der Waals surface area (Å²) in [5, 5.41) is 8.94. The lowest BCUT2D eigenvalue weighted by Gasteiger charge is -2.03. The lowest BCUT2D eigenvalue weighted by Crippen LogP contribution is -2.03. The van der Waals surface area contributed by atoms with Crippen molar-refractivity contribution in [1.29, 1.82) is 0 Å². The molecule has 5 heteroatoms. The van der Waals surface area contributed by atoms with Crippen molar-refractivity contribution < 1.29 is 19.1 Å². The molecule has 1 aromatic heterocycles. The number of carbonyl (C=O) groups is 2. The van der Waals surface area contributed by atoms with Gasteiger partial charge in [-0.2, -0.15) is 0 Å². The van der Waals surface area contributed by atoms with Crippen LogP contribution in [0.15, 0.2) is 30.5 Å². The van der Waals surface area contributed by atoms with Crippen LogP contribution in [-0.4, -0.2) is 21.4 Å². The van der Waals surface area contributed by atoms with Gasteiger partial charge in [-0.1, -0.05) is 0 Å². The van der Waals surface area contributed by atoms with E-state index in [0.717, 1.165) is 0 Å². The van der Waals surface area contributed by atoms with E-state index in [1.807, 2.05) is 0 Å². The van der Waals surface area contributed by atoms with Gasteiger partial charge in [0.25, 0.3) is 0 Å². The van der Waals surface area contributed by atoms with Gasteiger partial charge in [0.15, 0.2) is 5.78 Å². The number of carboxylic acids is 1. The molecule has 2 rings (SSSR count). The summed E-state index contributed by atoms with van der Waals surface area (Å²) in [7, 11) is 1.55. The lowest BCUT2D eigenvalue weighted by molar-refractivity contribution is 0.0686. The fraction of sp³-hybridized carbons (Fsp3) is 0.143. The molecule has 2 aromatic rings. The van der Waals surface area contributed by atoms with E-state index < -0.39 is 11.8 Å². The monoisotopic (exact) mass is 261 g/mol. The molecule has 4 nitrogen and oxygen atoms in total. The second-order valence-electron chi connectivity index (χ2n) is 4.32. The highest BCUT2D eigenvalue weighted by atomic mass is 19.1. The van der Waals surface area contributed by atoms with Gasteiger partial charge in [-0.15, -0.1) is 0 Å². The smallest absolute Gasteiger partial charge is 0.352 e. The average molecular weight is 261 g/mol. The number of carbonyl (C=O) groups excluding carboxylic acids is 1. The molecule has 0 aliphatic heterocycles. The number of aryl methyl sites for hydroxylation is 2. The molecule has 0 amide bonds. The first-order chi connectivity index (χ1) is 8.90. The Hall–Kier alpha value is -2.43. The van der Waals surface area contributed by atoms with E-state index in [1.165, 1.54) is 35.0 Å². The molecular weight excluding hydrogens is 249 g/mol. The molecule has 1 heterocycles. The van der Waals surface area contributed by atoms with Crippen molar-refractivity contribution in [3.8, 4) is 0 Å². The Bertz CT molecular complexity index is 673. The highest BCUT2D eigenvalue weighted by Crippen LogP contribution is 2.17. The van der Waals surface area contributed by atoms with Gasteiger partial charge in [-0.25, -0.2) is 9.18 Å². The maximum absolute atomic E-state index is 13.0. The topological polar surface area (TPSA) is 59.3 Å². The average Bonchev–Trinajstić information content (AvgIpc) is 2.70. The van der Waals surface area contributed by atoms with Gasteiger partial charge in [0.2, 0.25) is 0 Å². The Morgan fingerprint density at radius 2 is 1.95 bits per heavy atom. The lowest BCUT2D eigenvalue weighted by atomic mass is 10.0. The van der Waals surface area contributed by atoms with Crippen molar-refractivity contribution in [2.24, 2.45) is 7.05 Å². The van der Waals surface area contributed by atoms with Gasteiger partial charge in [0.1, 0.15) is 11.5 Å². The van der Waals surface area contributed by atoms with E-state index >= 15 is 0 Å². The number of benzene rings is 1. The highest BCUT2D eigenvalue weighted by Gasteiger charge is 2.17. The molecule has 1 aromatic carbocycles. The molecule has 0 saturated heterocycles. The molecule has 0 saturated carbocycles. The van der Waals surface area contributed by atoms with Crippen LogP contribution in [-0.2, 0) is 7.05 Å². The van der Waals surface area contributed by atoms with Gasteiger partial charge < -0.3 is 9.67 Å². The number of hydrogen-bond donors (Lipinski definition) is 1. The molecule has 0 aliphatic carbocycles. The molecule has 0 aliphatic rings. The number of aromatic nitrogens is 1. The third-order valence-corrected chi connectivity index (χ3v) is 2.92. The van der Waals surface area contributed by atoms with Crippen LogP contribution in [0.4, 0.5) is 4.39 Å². The number of halogens is 1. The van der Waals surface area contributed by atoms with Crippen molar-refractivity contribution in [2.45, 2.75) is 6.92 Å². The fourth-order valence-corrected chi connectivity index (χ4v) is 1.94. The minimum absolute atomic E-state index is 0.0307. The van der Waals surface area contributed by atoms with Gasteiger partial charge >= 0.3 is 5.97 Å². The standard InChI is InChI=1S/C14H12FNO3/c1-8-5-10(15)3-4-11(8)13(17)9-6-12(14(18)19)16(2)7-9/h3-7H,1-2H3,(H,18,19). The van der Waals surface area contributed by atoms with Crippen molar-refractivity contribution in [1.82, 2.24) is 4.57 Å². The fourth-order valence-electron chi connectivity index (χ4n) is 1.94. The predicted octanol–water partition coefficient (Wildman–Crippen LogP) is 2.40. The molecule has 0 bridgehead atoms. The molecular formula is C14H12FNO3. The van der Waals surface area contributed by atoms with E-state index in [1.54, 1.807) is 14.0 Å². The number of carboxylic acid groups (broad SMARTS) is 1. The molecule has 0 radical (unpaired) electrons. The maximum atomic E-state index is 13.0. The molecule has 0 atom stereocenters. The van der Waals surface area contributed by atoms with Crippen molar-refractivity contribution in [3.63, 3.8) is 0 Å². The van der Waals surface area contributed by atoms with E-state index in [0.29, 0.717) is 11.1 Å². The first-order valence-corrected chi connectivity index (χ1v) is 5.60. The molecule has 1 N–H and O–H groups in total. The third kappa shape index (κ3) is 2.40. The first kappa shape index (κ1) is 13.0. The zero-order valence-corrected chi connectivity index (χ0v) is 10.5. The second-order valence-corrected chi connectivity index (χ2v) is 4.32. The summed E-state index contributed by atoms with van der Waals surface area (Å²) < 4.78 is 14.4. The number of aromatic carboxylic acids is 1. The van der Waals surface area contributed by atoms with Crippen molar-refractivity contribution in [3.05, 3.63) is 58.7 Å². The van der Waals surface area contributed by atoms with Gasteiger partial charge in [0.05, 0.1) is 0 Å². The van der Waals surface area contributed by atoms with Crippen LogP contribution in [0.3, 0.4) is 0 Å². The van der Waals surface area contributed by atoms with Crippen LogP contribution >= 0.6 is 0 Å². The first-order valence-electron chi connectivity index (χ1n) is 5.60. The van der Waals surface area contributed by atoms with Gasteiger partial charge in [-0.3, -0.25) is 4.79 Å². The third-order valence-electron chi connectivity index (χ3n) is 2.92. The van der Waals surface area contributed by atoms with Crippen molar-refractivity contribution >= 4 is 11.8 Å². The van der Waals surface area contributed by atoms with Gasteiger partial charge in [-0.05, 0) is 36.8 Å². The normalized spacial score (nSPS) is 10.5. The van der Waals surface area contributed by atoms with E-state index in [9.17, 15) is 14.0 Å². The Labute approximate surface area is 109 Å². The quantitative estimate of drug-likeness (QED) is 0.863. The Kier molecular flexibility index (Phi) is 3.21. The van der Waals surface area contributed by atoms with Crippen LogP contribution < -0.4 is 0 Å². The van der Waals surface area contributed by atoms with Crippen LogP contribution in [0.5, 0.6) is 0 Å². The Morgan fingerprint density at radius 3 is 2.47 bits per heavy atom. The summed E-state index contributed by atoms with van der Waals surface area (Å²) in [4.78, 5) is 23.2. The summed E-state index contributed by atoms with van der Waals surface area (Å²) in [6.45, 7) is 1.64. The summed E-state index contributed by atoms with van der Waals surface area (Å²) in [5.41, 5.74) is 1.19. The number of rotatable bonds is 3. The molecule has 0 unspecified atom stereocenters. The van der Waals surface area contributed by atoms with Gasteiger partial charge in [0, 0.05) is 24.4 Å². The minimum Gasteiger partial charge on any atom is -0.477 e. The Balaban J connectivity index is 2.44. The van der Waals surface area contributed by atoms with Crippen LogP contribution in [0.1, 0.15) is 32.0 Å². The Morgan fingerprint density at radius 1 is 1.26 bits per heavy atom. The SMILES string of the molecule is Cc1cc(F)ccc1C(=O)c1cc(C(=O)O)n(C)c1. The van der Waals surface area contributed by atoms with Crippen LogP contribution in [0.25, 0.3) is 0 Å². The van der Waals surface area contributed by atoms with Crippen LogP contribution in [0, 0.1) is 12.7 Å². The summed E-state index contributed by atoms with van der Waals surface area (Å²) in [6, 6.07) is 5.20. The number of ketones is 1. The minimum atomic E-state index is -1.10. The predicted molar refractivity (Wildman–Crippen MR) is 66.9 cm³/mol. The van der Waals surface area contributed by atoms with E-state index in [2.05, 4.69) is 0 Å². The summed E-state index contributed by atoms with van der Waals surface area (Å²) in [6.07, 6.45) is 1.45. The summed E-state index contributed by atoms with van der Waals surface area (Å²) in [5.74, 6) is -1.83. The summed E-state index contributed by atoms with van der Waals surface area (Å²) >= 11 is 0. The number of hydrogen-bond acceptors (Lipinski definition) is 2. The maximum Gasteiger partial charge on any atom is 0.352 e. The highest BCUT2D eigenvalue weighted by molar-refractivity contribution is 6.10. The number of nitrogens with zero attached hydrogens (tertiary/aromatic N) is 1. The van der Waals surface area contributed by atoms with Crippen LogP contribution in [0.2, 0.25) is 0 Å². The molecule has 0 spiro atoms. The molecule has 98 valence electrons.